The maximum absolute atomic E-state index is 16.3. The number of amides is 1. The van der Waals surface area contributed by atoms with Gasteiger partial charge in [-0.3, -0.25) is 15.2 Å². The summed E-state index contributed by atoms with van der Waals surface area (Å²) in [5.74, 6) is -6.77. The van der Waals surface area contributed by atoms with Gasteiger partial charge >= 0.3 is 30.0 Å². The lowest BCUT2D eigenvalue weighted by molar-refractivity contribution is -0.193. The third kappa shape index (κ3) is 13.1. The number of primary amides is 1. The van der Waals surface area contributed by atoms with Crippen LogP contribution in [0.15, 0.2) is 65.5 Å². The van der Waals surface area contributed by atoms with Gasteiger partial charge in [0.15, 0.2) is 17.4 Å². The normalized spacial score (nSPS) is 12.3. The van der Waals surface area contributed by atoms with Crippen molar-refractivity contribution in [3.63, 3.8) is 0 Å². The number of aryl methyl sites for hydroxylation is 1. The summed E-state index contributed by atoms with van der Waals surface area (Å²) in [7, 11) is 3.81. The minimum atomic E-state index is -5.08. The number of halogens is 7. The lowest BCUT2D eigenvalue weighted by atomic mass is 10.00. The van der Waals surface area contributed by atoms with Crippen molar-refractivity contribution in [3.05, 3.63) is 105 Å². The average Bonchev–Trinajstić information content (AvgIpc) is 3.48. The highest BCUT2D eigenvalue weighted by molar-refractivity contribution is 5.96. The molecule has 2 atom stereocenters. The van der Waals surface area contributed by atoms with Crippen LogP contribution < -0.4 is 27.2 Å². The van der Waals surface area contributed by atoms with Crippen LogP contribution in [0.25, 0.3) is 5.69 Å². The minimum Gasteiger partial charge on any atom is -0.486 e. The van der Waals surface area contributed by atoms with Crippen LogP contribution in [0.3, 0.4) is 0 Å². The minimum absolute atomic E-state index is 0.0817. The van der Waals surface area contributed by atoms with Crippen LogP contribution in [-0.4, -0.2) is 92.7 Å². The van der Waals surface area contributed by atoms with E-state index in [0.29, 0.717) is 24.2 Å². The summed E-state index contributed by atoms with van der Waals surface area (Å²) in [4.78, 5) is 47.7. The summed E-state index contributed by atoms with van der Waals surface area (Å²) >= 11 is 0. The number of nitrogens with zero attached hydrogens (tertiary/aromatic N) is 3. The number of likely N-dealkylation sites (N-methyl/N-ethyl adjacent to an activating group) is 1. The highest BCUT2D eigenvalue weighted by Gasteiger charge is 2.39. The molecule has 4 rings (SSSR count). The Hall–Kier alpha value is -6.45. The third-order valence-electron chi connectivity index (χ3n) is 7.09. The van der Waals surface area contributed by atoms with E-state index in [1.807, 2.05) is 32.8 Å². The van der Waals surface area contributed by atoms with Crippen molar-refractivity contribution in [1.29, 1.82) is 5.41 Å². The number of para-hydroxylation sites is 1. The number of carbonyl (C=O) groups excluding carboxylic acids is 1. The second-order valence-corrected chi connectivity index (χ2v) is 11.8. The van der Waals surface area contributed by atoms with Gasteiger partial charge in [-0.25, -0.2) is 18.8 Å². The largest absolute Gasteiger partial charge is 0.490 e. The summed E-state index contributed by atoms with van der Waals surface area (Å²) < 4.78 is 86.8. The Morgan fingerprint density at radius 3 is 1.98 bits per heavy atom. The van der Waals surface area contributed by atoms with Crippen LogP contribution in [0.2, 0.25) is 0 Å². The van der Waals surface area contributed by atoms with Crippen molar-refractivity contribution >= 4 is 29.4 Å². The molecule has 0 saturated carbocycles. The van der Waals surface area contributed by atoms with Crippen LogP contribution >= 0.6 is 0 Å². The number of nitrogens with one attached hydrogen (secondary N) is 3. The molecule has 0 saturated heterocycles. The smallest absolute Gasteiger partial charge is 0.486 e. The zero-order valence-electron chi connectivity index (χ0n) is 29.9. The van der Waals surface area contributed by atoms with Crippen molar-refractivity contribution in [1.82, 2.24) is 19.7 Å². The quantitative estimate of drug-likeness (QED) is 0.0600. The molecule has 3 aromatic carbocycles. The first-order valence-corrected chi connectivity index (χ1v) is 15.9. The summed E-state index contributed by atoms with van der Waals surface area (Å²) in [6, 6.07) is 15.4. The van der Waals surface area contributed by atoms with Gasteiger partial charge < -0.3 is 36.6 Å². The molecular formula is C34H37F7N8O7. The Kier molecular flexibility index (Phi) is 15.7. The third-order valence-corrected chi connectivity index (χ3v) is 7.09. The number of hydrogen-bond acceptors (Lipinski definition) is 9. The average molecular weight is 803 g/mol. The summed E-state index contributed by atoms with van der Waals surface area (Å²) in [5, 5.41) is 29.7. The molecule has 304 valence electrons. The number of carboxylic acid groups (broad SMARTS) is 2. The number of anilines is 1. The molecule has 0 spiro atoms. The molecule has 22 heteroatoms. The highest BCUT2D eigenvalue weighted by Crippen LogP contribution is 2.33. The van der Waals surface area contributed by atoms with E-state index in [1.54, 1.807) is 54.6 Å². The molecule has 0 aliphatic rings. The number of ether oxygens (including phenoxy) is 1. The summed E-state index contributed by atoms with van der Waals surface area (Å²) in [6.07, 6.45) is -9.87. The zero-order chi connectivity index (χ0) is 42.7. The number of amidine groups is 1. The standard InChI is InChI=1S/C30H35FN8O3.2C2HF3O2/c1-5-18-14-22(25(31)24(15-18)42-17(2)16-38(3)4)26(35-20-12-10-19(11-13-20)27(32)33)29-36-30(41)39(37-29)23-9-7-6-8-21(23)28(34)40;2*3-2(4,5)1(6)7/h6-15,17,26,35H,5,16H2,1-4H3,(H3,32,33)(H2,34,40)(H,36,37,41);2*(H,6,7). The molecule has 56 heavy (non-hydrogen) atoms. The number of H-pyrrole nitrogens is 1. The molecular weight excluding hydrogens is 765 g/mol. The van der Waals surface area contributed by atoms with Gasteiger partial charge in [-0.1, -0.05) is 25.1 Å². The molecule has 0 aliphatic heterocycles. The van der Waals surface area contributed by atoms with E-state index >= 15 is 4.39 Å². The Labute approximate surface area is 313 Å². The maximum atomic E-state index is 16.3. The Morgan fingerprint density at radius 1 is 0.982 bits per heavy atom. The first kappa shape index (κ1) is 45.7. The number of nitrogens with two attached hydrogens (primary N) is 2. The van der Waals surface area contributed by atoms with Gasteiger partial charge in [0.1, 0.15) is 18.0 Å². The lowest BCUT2D eigenvalue weighted by Crippen LogP contribution is -2.28. The van der Waals surface area contributed by atoms with Crippen molar-refractivity contribution in [3.8, 4) is 11.4 Å². The molecule has 0 radical (unpaired) electrons. The number of aromatic nitrogens is 3. The van der Waals surface area contributed by atoms with Gasteiger partial charge in [-0.2, -0.15) is 31.0 Å². The number of rotatable bonds is 12. The molecule has 0 bridgehead atoms. The molecule has 0 aliphatic carbocycles. The fourth-order valence-electron chi connectivity index (χ4n) is 4.65. The first-order chi connectivity index (χ1) is 25.9. The lowest BCUT2D eigenvalue weighted by Gasteiger charge is -2.23. The number of hydrogen-bond donors (Lipinski definition) is 7. The Balaban J connectivity index is 0.000000657. The van der Waals surface area contributed by atoms with E-state index in [1.165, 1.54) is 6.07 Å². The maximum Gasteiger partial charge on any atom is 0.490 e. The molecule has 4 aromatic rings. The predicted octanol–water partition coefficient (Wildman–Crippen LogP) is 4.44. The molecule has 9 N–H and O–H groups in total. The van der Waals surface area contributed by atoms with Gasteiger partial charge in [0.2, 0.25) is 0 Å². The Morgan fingerprint density at radius 2 is 1.52 bits per heavy atom. The molecule has 2 unspecified atom stereocenters. The molecule has 0 fully saturated rings. The number of aliphatic carboxylic acids is 2. The summed E-state index contributed by atoms with van der Waals surface area (Å²) in [5.41, 5.74) is 12.9. The van der Waals surface area contributed by atoms with E-state index in [0.717, 1.165) is 10.2 Å². The van der Waals surface area contributed by atoms with Crippen molar-refractivity contribution < 1.29 is 60.1 Å². The second-order valence-electron chi connectivity index (χ2n) is 11.8. The van der Waals surface area contributed by atoms with E-state index in [2.05, 4.69) is 15.4 Å². The van der Waals surface area contributed by atoms with Gasteiger partial charge in [0, 0.05) is 23.4 Å². The molecule has 1 amide bonds. The number of benzene rings is 3. The van der Waals surface area contributed by atoms with E-state index in [4.69, 9.17) is 41.4 Å². The predicted molar refractivity (Wildman–Crippen MR) is 187 cm³/mol. The highest BCUT2D eigenvalue weighted by atomic mass is 19.4. The van der Waals surface area contributed by atoms with Crippen LogP contribution in [0.1, 0.15) is 52.8 Å². The van der Waals surface area contributed by atoms with Gasteiger partial charge in [-0.15, -0.1) is 5.10 Å². The van der Waals surface area contributed by atoms with Crippen molar-refractivity contribution in [2.75, 3.05) is 26.0 Å². The monoisotopic (exact) mass is 802 g/mol. The molecule has 1 aromatic heterocycles. The number of alkyl halides is 6. The second kappa shape index (κ2) is 19.2. The van der Waals surface area contributed by atoms with E-state index in [9.17, 15) is 35.9 Å². The SMILES string of the molecule is CCc1cc(OC(C)CN(C)C)c(F)c(C(Nc2ccc(C(=N)N)cc2)c2nn(-c3ccccc3C(N)=O)c(=O)[nH]2)c1.O=C(O)C(F)(F)F.O=C(O)C(F)(F)F. The number of carboxylic acids is 2. The van der Waals surface area contributed by atoms with Crippen LogP contribution in [0.5, 0.6) is 5.75 Å². The van der Waals surface area contributed by atoms with Crippen LogP contribution in [0.4, 0.5) is 36.4 Å². The fraction of sp³-hybridized carbons (Fsp3) is 0.294. The van der Waals surface area contributed by atoms with Gasteiger partial charge in [-0.05, 0) is 75.5 Å². The van der Waals surface area contributed by atoms with Crippen molar-refractivity contribution in [2.45, 2.75) is 44.8 Å². The van der Waals surface area contributed by atoms with E-state index in [-0.39, 0.29) is 40.3 Å². The first-order valence-electron chi connectivity index (χ1n) is 15.9. The zero-order valence-corrected chi connectivity index (χ0v) is 29.9. The fourth-order valence-corrected chi connectivity index (χ4v) is 4.65. The van der Waals surface area contributed by atoms with Gasteiger partial charge in [0.25, 0.3) is 5.91 Å². The van der Waals surface area contributed by atoms with E-state index < -0.39 is 47.7 Å². The Bertz CT molecular complexity index is 2040. The number of nitrogen functional groups attached to an aromatic ring is 1. The van der Waals surface area contributed by atoms with Crippen LogP contribution in [-0.2, 0) is 16.0 Å². The number of aromatic amines is 1. The van der Waals surface area contributed by atoms with Crippen molar-refractivity contribution in [2.24, 2.45) is 11.5 Å². The molecule has 1 heterocycles. The summed E-state index contributed by atoms with van der Waals surface area (Å²) in [6.45, 7) is 4.38. The van der Waals surface area contributed by atoms with Gasteiger partial charge in [0.05, 0.1) is 11.3 Å². The topological polar surface area (TPSA) is 243 Å². The van der Waals surface area contributed by atoms with Crippen LogP contribution in [0, 0.1) is 11.2 Å². The molecule has 15 nitrogen and oxygen atoms in total. The number of carbonyl (C=O) groups is 3.